The lowest BCUT2D eigenvalue weighted by molar-refractivity contribution is 0.0798. The summed E-state index contributed by atoms with van der Waals surface area (Å²) in [6.45, 7) is 6.57. The van der Waals surface area contributed by atoms with Crippen LogP contribution in [0.15, 0.2) is 29.2 Å². The molecule has 3 atom stereocenters. The zero-order valence-electron chi connectivity index (χ0n) is 12.3. The molecular weight excluding hydrogens is 252 g/mol. The molecule has 1 heterocycles. The van der Waals surface area contributed by atoms with Gasteiger partial charge in [-0.15, -0.1) is 11.8 Å². The van der Waals surface area contributed by atoms with Crippen LogP contribution in [0.3, 0.4) is 0 Å². The molecule has 2 N–H and O–H groups in total. The van der Waals surface area contributed by atoms with Crippen molar-refractivity contribution in [2.45, 2.75) is 43.7 Å². The summed E-state index contributed by atoms with van der Waals surface area (Å²) < 4.78 is 0. The highest BCUT2D eigenvalue weighted by atomic mass is 32.2. The van der Waals surface area contributed by atoms with Gasteiger partial charge < -0.3 is 5.73 Å². The SMILES string of the molecule is CSc1ccc(C(CN)N2CC(C)CCC2C)cc1. The number of thioether (sulfide) groups is 1. The lowest BCUT2D eigenvalue weighted by Gasteiger charge is -2.42. The predicted octanol–water partition coefficient (Wildman–Crippen LogP) is 3.53. The molecule has 19 heavy (non-hydrogen) atoms. The quantitative estimate of drug-likeness (QED) is 0.854. The fourth-order valence-corrected chi connectivity index (χ4v) is 3.45. The Kier molecular flexibility index (Phi) is 5.31. The van der Waals surface area contributed by atoms with Gasteiger partial charge in [0.2, 0.25) is 0 Å². The van der Waals surface area contributed by atoms with Crippen LogP contribution in [0.1, 0.15) is 38.3 Å². The molecule has 0 radical (unpaired) electrons. The number of rotatable bonds is 4. The summed E-state index contributed by atoms with van der Waals surface area (Å²) in [5.74, 6) is 0.788. The lowest BCUT2D eigenvalue weighted by Crippen LogP contribution is -2.45. The van der Waals surface area contributed by atoms with E-state index in [0.29, 0.717) is 18.6 Å². The minimum Gasteiger partial charge on any atom is -0.329 e. The molecule has 1 aromatic carbocycles. The molecule has 0 spiro atoms. The first-order valence-corrected chi connectivity index (χ1v) is 8.48. The second-order valence-corrected chi connectivity index (χ2v) is 6.63. The van der Waals surface area contributed by atoms with E-state index in [0.717, 1.165) is 5.92 Å². The second-order valence-electron chi connectivity index (χ2n) is 5.75. The van der Waals surface area contributed by atoms with E-state index in [1.165, 1.54) is 29.8 Å². The fraction of sp³-hybridized carbons (Fsp3) is 0.625. The fourth-order valence-electron chi connectivity index (χ4n) is 3.05. The Morgan fingerprint density at radius 1 is 1.26 bits per heavy atom. The molecule has 0 aliphatic carbocycles. The van der Waals surface area contributed by atoms with Crippen molar-refractivity contribution in [3.05, 3.63) is 29.8 Å². The van der Waals surface area contributed by atoms with Gasteiger partial charge in [-0.3, -0.25) is 4.90 Å². The molecule has 0 saturated carbocycles. The van der Waals surface area contributed by atoms with Crippen molar-refractivity contribution in [2.75, 3.05) is 19.3 Å². The third kappa shape index (κ3) is 3.53. The first-order chi connectivity index (χ1) is 9.15. The Hall–Kier alpha value is -0.510. The first-order valence-electron chi connectivity index (χ1n) is 7.25. The molecule has 3 heteroatoms. The van der Waals surface area contributed by atoms with E-state index >= 15 is 0 Å². The normalized spacial score (nSPS) is 26.3. The number of hydrogen-bond acceptors (Lipinski definition) is 3. The number of benzene rings is 1. The standard InChI is InChI=1S/C16H26N2S/c1-12-4-5-13(2)18(11-12)16(10-17)14-6-8-15(19-3)9-7-14/h6-9,12-13,16H,4-5,10-11,17H2,1-3H3. The van der Waals surface area contributed by atoms with E-state index in [4.69, 9.17) is 5.73 Å². The van der Waals surface area contributed by atoms with E-state index in [9.17, 15) is 0 Å². The molecule has 1 aromatic rings. The average Bonchev–Trinajstić information content (AvgIpc) is 2.44. The molecule has 1 saturated heterocycles. The maximum atomic E-state index is 6.07. The molecular formula is C16H26N2S. The topological polar surface area (TPSA) is 29.3 Å². The van der Waals surface area contributed by atoms with Crippen LogP contribution < -0.4 is 5.73 Å². The zero-order valence-corrected chi connectivity index (χ0v) is 13.1. The molecule has 1 aliphatic heterocycles. The van der Waals surface area contributed by atoms with Crippen LogP contribution in [0.4, 0.5) is 0 Å². The number of piperidine rings is 1. The van der Waals surface area contributed by atoms with Crippen LogP contribution in [0, 0.1) is 5.92 Å². The minimum absolute atomic E-state index is 0.369. The van der Waals surface area contributed by atoms with Crippen molar-refractivity contribution in [3.8, 4) is 0 Å². The minimum atomic E-state index is 0.369. The van der Waals surface area contributed by atoms with Crippen molar-refractivity contribution < 1.29 is 0 Å². The van der Waals surface area contributed by atoms with Gasteiger partial charge in [-0.1, -0.05) is 19.1 Å². The number of hydrogen-bond donors (Lipinski definition) is 1. The molecule has 0 aromatic heterocycles. The summed E-state index contributed by atoms with van der Waals surface area (Å²) in [6, 6.07) is 9.92. The summed E-state index contributed by atoms with van der Waals surface area (Å²) >= 11 is 1.79. The van der Waals surface area contributed by atoms with E-state index < -0.39 is 0 Å². The van der Waals surface area contributed by atoms with E-state index in [1.807, 2.05) is 0 Å². The van der Waals surface area contributed by atoms with Crippen molar-refractivity contribution in [3.63, 3.8) is 0 Å². The monoisotopic (exact) mass is 278 g/mol. The van der Waals surface area contributed by atoms with Crippen molar-refractivity contribution in [2.24, 2.45) is 11.7 Å². The van der Waals surface area contributed by atoms with Crippen LogP contribution in [-0.4, -0.2) is 30.3 Å². The Morgan fingerprint density at radius 3 is 2.53 bits per heavy atom. The van der Waals surface area contributed by atoms with E-state index in [2.05, 4.69) is 49.3 Å². The highest BCUT2D eigenvalue weighted by molar-refractivity contribution is 7.98. The van der Waals surface area contributed by atoms with Crippen LogP contribution >= 0.6 is 11.8 Å². The maximum Gasteiger partial charge on any atom is 0.0473 e. The van der Waals surface area contributed by atoms with E-state index in [1.54, 1.807) is 11.8 Å². The third-order valence-electron chi connectivity index (χ3n) is 4.29. The Bertz CT molecular complexity index is 390. The van der Waals surface area contributed by atoms with Crippen molar-refractivity contribution >= 4 is 11.8 Å². The van der Waals surface area contributed by atoms with E-state index in [-0.39, 0.29) is 0 Å². The largest absolute Gasteiger partial charge is 0.329 e. The lowest BCUT2D eigenvalue weighted by atomic mass is 9.91. The van der Waals surface area contributed by atoms with Crippen molar-refractivity contribution in [1.82, 2.24) is 4.90 Å². The van der Waals surface area contributed by atoms with Gasteiger partial charge in [-0.25, -0.2) is 0 Å². The van der Waals surface area contributed by atoms with Gasteiger partial charge >= 0.3 is 0 Å². The maximum absolute atomic E-state index is 6.07. The molecule has 106 valence electrons. The predicted molar refractivity (Wildman–Crippen MR) is 84.6 cm³/mol. The van der Waals surface area contributed by atoms with Gasteiger partial charge in [-0.05, 0) is 49.6 Å². The molecule has 3 unspecified atom stereocenters. The van der Waals surface area contributed by atoms with Gasteiger partial charge in [0.05, 0.1) is 0 Å². The van der Waals surface area contributed by atoms with Gasteiger partial charge in [0.25, 0.3) is 0 Å². The molecule has 1 fully saturated rings. The number of likely N-dealkylation sites (tertiary alicyclic amines) is 1. The van der Waals surface area contributed by atoms with Crippen LogP contribution in [0.25, 0.3) is 0 Å². The Labute approximate surface area is 121 Å². The number of nitrogens with zero attached hydrogens (tertiary/aromatic N) is 1. The summed E-state index contributed by atoms with van der Waals surface area (Å²) in [4.78, 5) is 3.92. The molecule has 2 rings (SSSR count). The zero-order chi connectivity index (χ0) is 13.8. The van der Waals surface area contributed by atoms with Crippen LogP contribution in [0.5, 0.6) is 0 Å². The highest BCUT2D eigenvalue weighted by Gasteiger charge is 2.29. The summed E-state index contributed by atoms with van der Waals surface area (Å²) in [5.41, 5.74) is 7.43. The molecule has 0 amide bonds. The summed E-state index contributed by atoms with van der Waals surface area (Å²) in [7, 11) is 0. The molecule has 0 bridgehead atoms. The van der Waals surface area contributed by atoms with Gasteiger partial charge in [0.1, 0.15) is 0 Å². The summed E-state index contributed by atoms with van der Waals surface area (Å²) in [5, 5.41) is 0. The third-order valence-corrected chi connectivity index (χ3v) is 5.03. The Balaban J connectivity index is 2.17. The van der Waals surface area contributed by atoms with Gasteiger partial charge in [-0.2, -0.15) is 0 Å². The van der Waals surface area contributed by atoms with Gasteiger partial charge in [0.15, 0.2) is 0 Å². The molecule has 1 aliphatic rings. The smallest absolute Gasteiger partial charge is 0.0473 e. The molecule has 2 nitrogen and oxygen atoms in total. The Morgan fingerprint density at radius 2 is 1.95 bits per heavy atom. The highest BCUT2D eigenvalue weighted by Crippen LogP contribution is 2.30. The van der Waals surface area contributed by atoms with Crippen LogP contribution in [-0.2, 0) is 0 Å². The average molecular weight is 278 g/mol. The summed E-state index contributed by atoms with van der Waals surface area (Å²) in [6.07, 6.45) is 4.75. The van der Waals surface area contributed by atoms with Crippen molar-refractivity contribution in [1.29, 1.82) is 0 Å². The van der Waals surface area contributed by atoms with Crippen LogP contribution in [0.2, 0.25) is 0 Å². The first kappa shape index (κ1) is 14.9. The second kappa shape index (κ2) is 6.78. The number of nitrogens with two attached hydrogens (primary N) is 1. The van der Waals surface area contributed by atoms with Gasteiger partial charge in [0, 0.05) is 30.1 Å².